The minimum absolute atomic E-state index is 0.0690. The van der Waals surface area contributed by atoms with Crippen molar-refractivity contribution in [1.29, 1.82) is 0 Å². The van der Waals surface area contributed by atoms with Gasteiger partial charge in [-0.25, -0.2) is 0 Å². The first-order valence-corrected chi connectivity index (χ1v) is 3.29. The Morgan fingerprint density at radius 3 is 2.20 bits per heavy atom. The third-order valence-corrected chi connectivity index (χ3v) is 1.34. The Morgan fingerprint density at radius 1 is 1.40 bits per heavy atom. The largest absolute Gasteiger partial charge is 0.299 e. The summed E-state index contributed by atoms with van der Waals surface area (Å²) in [7, 11) is 0. The third-order valence-electron chi connectivity index (χ3n) is 1.34. The van der Waals surface area contributed by atoms with Crippen molar-refractivity contribution in [2.75, 3.05) is 0 Å². The quantitative estimate of drug-likeness (QED) is 0.325. The lowest BCUT2D eigenvalue weighted by molar-refractivity contribution is -0.104. The molecule has 0 N–H and O–H groups in total. The molecule has 0 fully saturated rings. The molecule has 0 spiro atoms. The molecule has 0 aromatic carbocycles. The maximum absolute atomic E-state index is 9.91. The average molecular weight is 138 g/mol. The Labute approximate surface area is 62.4 Å². The molecule has 56 valence electrons. The number of rotatable bonds is 2. The molecule has 0 atom stereocenters. The van der Waals surface area contributed by atoms with Crippen molar-refractivity contribution in [1.82, 2.24) is 0 Å². The minimum Gasteiger partial charge on any atom is -0.299 e. The Morgan fingerprint density at radius 2 is 1.90 bits per heavy atom. The van der Waals surface area contributed by atoms with Gasteiger partial charge in [0.1, 0.15) is 6.29 Å². The second-order valence-electron chi connectivity index (χ2n) is 3.27. The molecule has 0 heterocycles. The molecular weight excluding hydrogens is 124 g/mol. The van der Waals surface area contributed by atoms with Crippen LogP contribution in [-0.2, 0) is 4.79 Å². The smallest absolute Gasteiger partial charge is 0.142 e. The molecule has 0 rings (SSSR count). The second-order valence-corrected chi connectivity index (χ2v) is 3.27. The number of carbonyl (C=O) groups excluding carboxylic acids is 1. The molecule has 0 aliphatic rings. The maximum Gasteiger partial charge on any atom is 0.142 e. The van der Waals surface area contributed by atoms with Gasteiger partial charge in [0.2, 0.25) is 0 Å². The molecule has 10 heavy (non-hydrogen) atoms. The summed E-state index contributed by atoms with van der Waals surface area (Å²) in [5.74, 6) is 0. The fourth-order valence-corrected chi connectivity index (χ4v) is 0.405. The van der Waals surface area contributed by atoms with Gasteiger partial charge < -0.3 is 0 Å². The van der Waals surface area contributed by atoms with Gasteiger partial charge in [-0.15, -0.1) is 0 Å². The highest BCUT2D eigenvalue weighted by Gasteiger charge is 2.11. The van der Waals surface area contributed by atoms with Crippen molar-refractivity contribution in [3.8, 4) is 0 Å². The number of carbonyl (C=O) groups is 1. The zero-order chi connectivity index (χ0) is 8.20. The molecule has 1 heteroatoms. The molecule has 0 unspecified atom stereocenters. The van der Waals surface area contributed by atoms with Gasteiger partial charge in [-0.05, 0) is 17.1 Å². The van der Waals surface area contributed by atoms with Crippen LogP contribution in [0.15, 0.2) is 24.3 Å². The van der Waals surface area contributed by atoms with E-state index in [9.17, 15) is 4.79 Å². The maximum atomic E-state index is 9.91. The van der Waals surface area contributed by atoms with Crippen LogP contribution in [0.3, 0.4) is 0 Å². The zero-order valence-corrected chi connectivity index (χ0v) is 6.85. The normalized spacial score (nSPS) is 11.9. The fourth-order valence-electron chi connectivity index (χ4n) is 0.405. The van der Waals surface area contributed by atoms with Crippen LogP contribution >= 0.6 is 0 Å². The Kier molecular flexibility index (Phi) is 3.07. The summed E-state index contributed by atoms with van der Waals surface area (Å²) in [5, 5.41) is 0. The van der Waals surface area contributed by atoms with E-state index >= 15 is 0 Å². The van der Waals surface area contributed by atoms with Crippen LogP contribution in [0.2, 0.25) is 0 Å². The topological polar surface area (TPSA) is 17.1 Å². The lowest BCUT2D eigenvalue weighted by Crippen LogP contribution is -2.05. The molecular formula is C9H14O. The van der Waals surface area contributed by atoms with Crippen LogP contribution in [0.5, 0.6) is 0 Å². The lowest BCUT2D eigenvalue weighted by atomic mass is 9.87. The molecule has 0 saturated carbocycles. The number of hydrogen-bond donors (Lipinski definition) is 0. The van der Waals surface area contributed by atoms with Gasteiger partial charge in [0.25, 0.3) is 0 Å². The van der Waals surface area contributed by atoms with Crippen molar-refractivity contribution in [3.63, 3.8) is 0 Å². The van der Waals surface area contributed by atoms with Gasteiger partial charge >= 0.3 is 0 Å². The summed E-state index contributed by atoms with van der Waals surface area (Å²) in [6.07, 6.45) is 3.97. The van der Waals surface area contributed by atoms with E-state index in [1.54, 1.807) is 6.08 Å². The lowest BCUT2D eigenvalue weighted by Gasteiger charge is -2.18. The van der Waals surface area contributed by atoms with E-state index in [0.717, 1.165) is 11.9 Å². The summed E-state index contributed by atoms with van der Waals surface area (Å²) in [5.41, 5.74) is 1.04. The predicted molar refractivity (Wildman–Crippen MR) is 43.8 cm³/mol. The zero-order valence-electron chi connectivity index (χ0n) is 6.85. The number of aldehydes is 1. The van der Waals surface area contributed by atoms with Crippen LogP contribution in [0.1, 0.15) is 20.8 Å². The third kappa shape index (κ3) is 3.23. The van der Waals surface area contributed by atoms with Crippen LogP contribution in [0.4, 0.5) is 0 Å². The van der Waals surface area contributed by atoms with E-state index in [2.05, 4.69) is 27.4 Å². The van der Waals surface area contributed by atoms with E-state index in [-0.39, 0.29) is 5.41 Å². The van der Waals surface area contributed by atoms with Gasteiger partial charge in [-0.3, -0.25) is 4.79 Å². The molecule has 0 aliphatic heterocycles. The van der Waals surface area contributed by atoms with Gasteiger partial charge in [-0.2, -0.15) is 0 Å². The van der Waals surface area contributed by atoms with Crippen LogP contribution in [-0.4, -0.2) is 6.29 Å². The minimum atomic E-state index is 0.0690. The Hall–Kier alpha value is -0.850. The molecule has 0 saturated heterocycles. The Bertz CT molecular complexity index is 158. The molecule has 0 radical (unpaired) electrons. The predicted octanol–water partition coefficient (Wildman–Crippen LogP) is 2.34. The monoisotopic (exact) mass is 138 g/mol. The van der Waals surface area contributed by atoms with Crippen molar-refractivity contribution < 1.29 is 4.79 Å². The summed E-state index contributed by atoms with van der Waals surface area (Å²) in [6.45, 7) is 10.00. The van der Waals surface area contributed by atoms with Crippen LogP contribution < -0.4 is 0 Å². The van der Waals surface area contributed by atoms with Gasteiger partial charge in [-0.1, -0.05) is 33.4 Å². The number of hydrogen-bond acceptors (Lipinski definition) is 1. The van der Waals surface area contributed by atoms with Crippen molar-refractivity contribution >= 4 is 6.29 Å². The number of allylic oxidation sites excluding steroid dienone is 3. The molecule has 0 bridgehead atoms. The van der Waals surface area contributed by atoms with E-state index < -0.39 is 0 Å². The highest BCUT2D eigenvalue weighted by Crippen LogP contribution is 2.23. The van der Waals surface area contributed by atoms with E-state index in [1.807, 2.05) is 0 Å². The van der Waals surface area contributed by atoms with Crippen LogP contribution in [0.25, 0.3) is 0 Å². The summed E-state index contributed by atoms with van der Waals surface area (Å²) >= 11 is 0. The van der Waals surface area contributed by atoms with Crippen molar-refractivity contribution in [3.05, 3.63) is 24.3 Å². The van der Waals surface area contributed by atoms with E-state index in [0.29, 0.717) is 0 Å². The van der Waals surface area contributed by atoms with Crippen molar-refractivity contribution in [2.24, 2.45) is 5.41 Å². The Balaban J connectivity index is 4.11. The molecule has 0 aliphatic carbocycles. The summed E-state index contributed by atoms with van der Waals surface area (Å²) < 4.78 is 0. The first-order chi connectivity index (χ1) is 4.48. The van der Waals surface area contributed by atoms with Gasteiger partial charge in [0.15, 0.2) is 0 Å². The summed E-state index contributed by atoms with van der Waals surface area (Å²) in [6, 6.07) is 0. The highest BCUT2D eigenvalue weighted by atomic mass is 16.1. The molecule has 0 aromatic heterocycles. The second kappa shape index (κ2) is 3.35. The first-order valence-electron chi connectivity index (χ1n) is 3.29. The molecule has 0 aromatic rings. The van der Waals surface area contributed by atoms with Gasteiger partial charge in [0, 0.05) is 0 Å². The summed E-state index contributed by atoms with van der Waals surface area (Å²) in [4.78, 5) is 9.91. The van der Waals surface area contributed by atoms with Crippen molar-refractivity contribution in [2.45, 2.75) is 20.8 Å². The SMILES string of the molecule is C=C(C=CC=O)C(C)(C)C. The van der Waals surface area contributed by atoms with E-state index in [1.165, 1.54) is 6.08 Å². The van der Waals surface area contributed by atoms with E-state index in [4.69, 9.17) is 0 Å². The molecule has 1 nitrogen and oxygen atoms in total. The highest BCUT2D eigenvalue weighted by molar-refractivity contribution is 5.65. The standard InChI is InChI=1S/C9H14O/c1-8(6-5-7-10)9(2,3)4/h5-7H,1H2,2-4H3. The molecule has 0 amide bonds. The van der Waals surface area contributed by atoms with Gasteiger partial charge in [0.05, 0.1) is 0 Å². The first kappa shape index (κ1) is 9.15. The average Bonchev–Trinajstić information content (AvgIpc) is 1.80. The van der Waals surface area contributed by atoms with Crippen LogP contribution in [0, 0.1) is 5.41 Å². The fraction of sp³-hybridized carbons (Fsp3) is 0.444.